The first-order chi connectivity index (χ1) is 12.3. The van der Waals surface area contributed by atoms with Crippen LogP contribution in [0.25, 0.3) is 6.08 Å². The van der Waals surface area contributed by atoms with Crippen LogP contribution in [0.3, 0.4) is 0 Å². The molecule has 1 unspecified atom stereocenters. The van der Waals surface area contributed by atoms with E-state index in [-0.39, 0.29) is 5.97 Å². The number of hydrogen-bond donors (Lipinski definition) is 1. The van der Waals surface area contributed by atoms with Crippen molar-refractivity contribution in [2.45, 2.75) is 39.3 Å². The maximum absolute atomic E-state index is 12.6. The largest absolute Gasteiger partial charge is 0.497 e. The molecule has 2 rings (SSSR count). The van der Waals surface area contributed by atoms with E-state index < -0.39 is 11.6 Å². The van der Waals surface area contributed by atoms with E-state index in [0.29, 0.717) is 0 Å². The molecule has 0 radical (unpaired) electrons. The van der Waals surface area contributed by atoms with Gasteiger partial charge in [0.1, 0.15) is 17.4 Å². The number of hydrogen-bond acceptors (Lipinski definition) is 4. The number of anilines is 1. The van der Waals surface area contributed by atoms with Crippen LogP contribution < -0.4 is 10.1 Å². The predicted octanol–water partition coefficient (Wildman–Crippen LogP) is 4.84. The number of methoxy groups -OCH3 is 1. The summed E-state index contributed by atoms with van der Waals surface area (Å²) in [7, 11) is 1.62. The van der Waals surface area contributed by atoms with Gasteiger partial charge in [0, 0.05) is 5.69 Å². The summed E-state index contributed by atoms with van der Waals surface area (Å²) in [5.74, 6) is 0.442. The lowest BCUT2D eigenvalue weighted by Gasteiger charge is -2.23. The van der Waals surface area contributed by atoms with Crippen LogP contribution >= 0.6 is 0 Å². The van der Waals surface area contributed by atoms with Crippen molar-refractivity contribution in [3.8, 4) is 5.75 Å². The molecule has 0 fully saturated rings. The summed E-state index contributed by atoms with van der Waals surface area (Å²) in [6, 6.07) is 14.9. The summed E-state index contributed by atoms with van der Waals surface area (Å²) in [5.41, 5.74) is 2.48. The fourth-order valence-electron chi connectivity index (χ4n) is 2.40. The minimum Gasteiger partial charge on any atom is -0.497 e. The fraction of sp³-hybridized carbons (Fsp3) is 0.318. The standard InChI is InChI=1S/C22H27NO3/c1-16-7-6-8-17(15-16)9-14-20(21(24)26-22(2,3)4)23-18-10-12-19(25-5)13-11-18/h6-15,20,23H,1-5H3/b14-9+. The molecular formula is C22H27NO3. The summed E-state index contributed by atoms with van der Waals surface area (Å²) in [6.07, 6.45) is 3.76. The average Bonchev–Trinajstić information content (AvgIpc) is 2.57. The van der Waals surface area contributed by atoms with Gasteiger partial charge in [-0.3, -0.25) is 0 Å². The number of carbonyl (C=O) groups excluding carboxylic acids is 1. The second kappa shape index (κ2) is 8.56. The van der Waals surface area contributed by atoms with Gasteiger partial charge in [0.15, 0.2) is 0 Å². The van der Waals surface area contributed by atoms with Crippen LogP contribution in [0.15, 0.2) is 54.6 Å². The Morgan fingerprint density at radius 3 is 2.38 bits per heavy atom. The van der Waals surface area contributed by atoms with Crippen molar-refractivity contribution < 1.29 is 14.3 Å². The van der Waals surface area contributed by atoms with E-state index >= 15 is 0 Å². The van der Waals surface area contributed by atoms with Crippen molar-refractivity contribution in [3.63, 3.8) is 0 Å². The van der Waals surface area contributed by atoms with Gasteiger partial charge in [-0.1, -0.05) is 42.0 Å². The SMILES string of the molecule is COc1ccc(NC(/C=C/c2cccc(C)c2)C(=O)OC(C)(C)C)cc1. The summed E-state index contributed by atoms with van der Waals surface area (Å²) in [5, 5.41) is 3.22. The normalized spacial score (nSPS) is 12.7. The fourth-order valence-corrected chi connectivity index (χ4v) is 2.40. The van der Waals surface area contributed by atoms with E-state index in [1.54, 1.807) is 7.11 Å². The van der Waals surface area contributed by atoms with Gasteiger partial charge in [0.05, 0.1) is 7.11 Å². The van der Waals surface area contributed by atoms with Crippen molar-refractivity contribution in [1.29, 1.82) is 0 Å². The highest BCUT2D eigenvalue weighted by Crippen LogP contribution is 2.18. The van der Waals surface area contributed by atoms with Crippen molar-refractivity contribution in [3.05, 3.63) is 65.7 Å². The predicted molar refractivity (Wildman–Crippen MR) is 106 cm³/mol. The van der Waals surface area contributed by atoms with Crippen LogP contribution in [0, 0.1) is 6.92 Å². The topological polar surface area (TPSA) is 47.6 Å². The molecule has 0 aromatic heterocycles. The molecule has 0 amide bonds. The average molecular weight is 353 g/mol. The molecule has 2 aromatic carbocycles. The number of nitrogens with one attached hydrogen (secondary N) is 1. The zero-order chi connectivity index (χ0) is 19.2. The van der Waals surface area contributed by atoms with Gasteiger partial charge in [-0.05, 0) is 57.5 Å². The molecule has 0 bridgehead atoms. The second-order valence-corrected chi connectivity index (χ2v) is 7.16. The highest BCUT2D eigenvalue weighted by Gasteiger charge is 2.23. The van der Waals surface area contributed by atoms with E-state index in [1.807, 2.05) is 82.3 Å². The molecule has 1 atom stereocenters. The Morgan fingerprint density at radius 1 is 1.12 bits per heavy atom. The van der Waals surface area contributed by atoms with Crippen LogP contribution in [0.5, 0.6) is 5.75 Å². The summed E-state index contributed by atoms with van der Waals surface area (Å²) in [4.78, 5) is 12.6. The van der Waals surface area contributed by atoms with Gasteiger partial charge in [-0.15, -0.1) is 0 Å². The lowest BCUT2D eigenvalue weighted by Crippen LogP contribution is -2.35. The monoisotopic (exact) mass is 353 g/mol. The van der Waals surface area contributed by atoms with E-state index in [9.17, 15) is 4.79 Å². The molecule has 26 heavy (non-hydrogen) atoms. The van der Waals surface area contributed by atoms with Gasteiger partial charge in [0.25, 0.3) is 0 Å². The Balaban J connectivity index is 2.21. The molecule has 0 heterocycles. The molecule has 0 saturated heterocycles. The minimum absolute atomic E-state index is 0.322. The van der Waals surface area contributed by atoms with Crippen LogP contribution in [0.4, 0.5) is 5.69 Å². The van der Waals surface area contributed by atoms with Gasteiger partial charge in [-0.2, -0.15) is 0 Å². The molecule has 4 nitrogen and oxygen atoms in total. The smallest absolute Gasteiger partial charge is 0.333 e. The van der Waals surface area contributed by atoms with Crippen LogP contribution in [-0.2, 0) is 9.53 Å². The number of benzene rings is 2. The van der Waals surface area contributed by atoms with Gasteiger partial charge < -0.3 is 14.8 Å². The molecule has 0 aliphatic carbocycles. The van der Waals surface area contributed by atoms with Crippen molar-refractivity contribution in [1.82, 2.24) is 0 Å². The lowest BCUT2D eigenvalue weighted by molar-refractivity contribution is -0.154. The molecule has 138 valence electrons. The van der Waals surface area contributed by atoms with Crippen molar-refractivity contribution >= 4 is 17.7 Å². The first-order valence-electron chi connectivity index (χ1n) is 8.65. The Hall–Kier alpha value is -2.75. The number of esters is 1. The molecule has 0 saturated carbocycles. The number of carbonyl (C=O) groups is 1. The van der Waals surface area contributed by atoms with E-state index in [0.717, 1.165) is 17.0 Å². The first-order valence-corrected chi connectivity index (χ1v) is 8.65. The van der Waals surface area contributed by atoms with E-state index in [1.165, 1.54) is 5.56 Å². The highest BCUT2D eigenvalue weighted by molar-refractivity contribution is 5.83. The third-order valence-electron chi connectivity index (χ3n) is 3.60. The van der Waals surface area contributed by atoms with E-state index in [2.05, 4.69) is 11.4 Å². The maximum Gasteiger partial charge on any atom is 0.333 e. The minimum atomic E-state index is -0.594. The maximum atomic E-state index is 12.6. The third kappa shape index (κ3) is 6.28. The Labute approximate surface area is 155 Å². The van der Waals surface area contributed by atoms with Crippen LogP contribution in [-0.4, -0.2) is 24.7 Å². The molecule has 1 N–H and O–H groups in total. The molecule has 4 heteroatoms. The number of ether oxygens (including phenoxy) is 2. The quantitative estimate of drug-likeness (QED) is 0.755. The zero-order valence-corrected chi connectivity index (χ0v) is 16.1. The van der Waals surface area contributed by atoms with Crippen LogP contribution in [0.1, 0.15) is 31.9 Å². The lowest BCUT2D eigenvalue weighted by atomic mass is 10.1. The van der Waals surface area contributed by atoms with Gasteiger partial charge in [0.2, 0.25) is 0 Å². The number of rotatable bonds is 6. The second-order valence-electron chi connectivity index (χ2n) is 7.16. The van der Waals surface area contributed by atoms with Gasteiger partial charge in [-0.25, -0.2) is 4.79 Å². The Kier molecular flexibility index (Phi) is 6.45. The summed E-state index contributed by atoms with van der Waals surface area (Å²) < 4.78 is 10.7. The van der Waals surface area contributed by atoms with Crippen LogP contribution in [0.2, 0.25) is 0 Å². The molecule has 0 aliphatic rings. The van der Waals surface area contributed by atoms with Crippen molar-refractivity contribution in [2.24, 2.45) is 0 Å². The molecular weight excluding hydrogens is 326 g/mol. The first kappa shape index (κ1) is 19.6. The Morgan fingerprint density at radius 2 is 1.81 bits per heavy atom. The highest BCUT2D eigenvalue weighted by atomic mass is 16.6. The van der Waals surface area contributed by atoms with E-state index in [4.69, 9.17) is 9.47 Å². The molecule has 0 aliphatic heterocycles. The molecule has 2 aromatic rings. The van der Waals surface area contributed by atoms with Crippen molar-refractivity contribution in [2.75, 3.05) is 12.4 Å². The summed E-state index contributed by atoms with van der Waals surface area (Å²) >= 11 is 0. The Bertz CT molecular complexity index is 758. The summed E-state index contributed by atoms with van der Waals surface area (Å²) in [6.45, 7) is 7.62. The zero-order valence-electron chi connectivity index (χ0n) is 16.1. The van der Waals surface area contributed by atoms with Gasteiger partial charge >= 0.3 is 5.97 Å². The number of aryl methyl sites for hydroxylation is 1. The molecule has 0 spiro atoms. The third-order valence-corrected chi connectivity index (χ3v) is 3.60.